The summed E-state index contributed by atoms with van der Waals surface area (Å²) in [4.78, 5) is 2.50. The van der Waals surface area contributed by atoms with Gasteiger partial charge in [0.1, 0.15) is 0 Å². The van der Waals surface area contributed by atoms with Crippen LogP contribution in [0.4, 0.5) is 5.82 Å². The Morgan fingerprint density at radius 3 is 2.53 bits per heavy atom. The third kappa shape index (κ3) is 1.94. The molecule has 4 rings (SSSR count). The molecule has 19 heavy (non-hydrogen) atoms. The van der Waals surface area contributed by atoms with Gasteiger partial charge in [0.2, 0.25) is 0 Å². The summed E-state index contributed by atoms with van der Waals surface area (Å²) in [6, 6.07) is 8.61. The lowest BCUT2D eigenvalue weighted by Crippen LogP contribution is -2.58. The number of nitrogens with zero attached hydrogens (tertiary/aromatic N) is 3. The first kappa shape index (κ1) is 11.7. The van der Waals surface area contributed by atoms with Crippen molar-refractivity contribution < 1.29 is 4.48 Å². The molecule has 2 saturated heterocycles. The fraction of sp³-hybridized carbons (Fsp3) is 0.533. The highest BCUT2D eigenvalue weighted by Crippen LogP contribution is 2.31. The molecule has 0 aliphatic carbocycles. The molecule has 2 aliphatic rings. The summed E-state index contributed by atoms with van der Waals surface area (Å²) in [6.45, 7) is 7.79. The van der Waals surface area contributed by atoms with E-state index < -0.39 is 0 Å². The Hall–Kier alpha value is -1.13. The first-order chi connectivity index (χ1) is 9.36. The van der Waals surface area contributed by atoms with Gasteiger partial charge in [-0.1, -0.05) is 12.1 Å². The van der Waals surface area contributed by atoms with E-state index in [2.05, 4.69) is 29.2 Å². The van der Waals surface area contributed by atoms with Crippen LogP contribution in [0.2, 0.25) is 0 Å². The number of quaternary nitrogens is 1. The first-order valence-corrected chi connectivity index (χ1v) is 8.08. The van der Waals surface area contributed by atoms with Crippen molar-refractivity contribution >= 4 is 27.4 Å². The van der Waals surface area contributed by atoms with Gasteiger partial charge in [-0.15, -0.1) is 0 Å². The van der Waals surface area contributed by atoms with Crippen LogP contribution in [0.1, 0.15) is 12.8 Å². The van der Waals surface area contributed by atoms with E-state index in [1.54, 1.807) is 11.5 Å². The van der Waals surface area contributed by atoms with Gasteiger partial charge in [0.25, 0.3) is 0 Å². The number of rotatable bonds is 1. The van der Waals surface area contributed by atoms with Crippen LogP contribution in [-0.4, -0.2) is 48.1 Å². The predicted molar refractivity (Wildman–Crippen MR) is 80.8 cm³/mol. The minimum Gasteiger partial charge on any atom is -0.344 e. The van der Waals surface area contributed by atoms with Crippen molar-refractivity contribution in [3.63, 3.8) is 0 Å². The van der Waals surface area contributed by atoms with Gasteiger partial charge in [-0.2, -0.15) is 4.37 Å². The summed E-state index contributed by atoms with van der Waals surface area (Å²) in [6.07, 6.45) is 2.86. The summed E-state index contributed by atoms with van der Waals surface area (Å²) >= 11 is 1.63. The average molecular weight is 274 g/mol. The molecule has 0 bridgehead atoms. The molecule has 2 aliphatic heterocycles. The molecule has 3 nitrogen and oxygen atoms in total. The maximum Gasteiger partial charge on any atom is 0.150 e. The maximum absolute atomic E-state index is 4.69. The Balaban J connectivity index is 1.58. The van der Waals surface area contributed by atoms with E-state index in [0.29, 0.717) is 0 Å². The number of fused-ring (bicyclic) bond motifs is 1. The summed E-state index contributed by atoms with van der Waals surface area (Å²) in [5, 5.41) is 1.34. The van der Waals surface area contributed by atoms with Crippen molar-refractivity contribution in [1.82, 2.24) is 4.37 Å². The molecular weight excluding hydrogens is 254 g/mol. The molecule has 100 valence electrons. The second-order valence-corrected chi connectivity index (χ2v) is 6.74. The zero-order chi connectivity index (χ0) is 12.7. The molecule has 0 atom stereocenters. The van der Waals surface area contributed by atoms with Crippen LogP contribution in [0.5, 0.6) is 0 Å². The number of benzene rings is 1. The Labute approximate surface area is 118 Å². The third-order valence-electron chi connectivity index (χ3n) is 4.86. The largest absolute Gasteiger partial charge is 0.344 e. The fourth-order valence-electron chi connectivity index (χ4n) is 3.66. The molecule has 0 saturated carbocycles. The van der Waals surface area contributed by atoms with Gasteiger partial charge < -0.3 is 9.38 Å². The SMILES string of the molecule is c1ccc2c(N3CC[N+]4(CCCC4)CC3)nsc2c1. The average Bonchev–Trinajstić information content (AvgIpc) is 3.08. The standard InChI is InChI=1S/C15H20N3S/c1-2-6-14-13(5-1)15(16-19-14)17-7-11-18(12-8-17)9-3-4-10-18/h1-2,5-6H,3-4,7-12H2/q+1. The third-order valence-corrected chi connectivity index (χ3v) is 5.68. The summed E-state index contributed by atoms with van der Waals surface area (Å²) in [5.74, 6) is 1.22. The van der Waals surface area contributed by atoms with Crippen LogP contribution in [0.15, 0.2) is 24.3 Å². The molecule has 3 heterocycles. The molecule has 4 heteroatoms. The van der Waals surface area contributed by atoms with E-state index in [4.69, 9.17) is 4.37 Å². The Morgan fingerprint density at radius 1 is 1.00 bits per heavy atom. The summed E-state index contributed by atoms with van der Waals surface area (Å²) in [7, 11) is 0. The topological polar surface area (TPSA) is 16.1 Å². The van der Waals surface area contributed by atoms with E-state index in [1.807, 2.05) is 0 Å². The molecule has 0 unspecified atom stereocenters. The quantitative estimate of drug-likeness (QED) is 0.743. The van der Waals surface area contributed by atoms with E-state index in [0.717, 1.165) is 0 Å². The second-order valence-electron chi connectivity index (χ2n) is 5.93. The normalized spacial score (nSPS) is 22.4. The minimum atomic E-state index is 1.17. The zero-order valence-electron chi connectivity index (χ0n) is 11.2. The van der Waals surface area contributed by atoms with Crippen LogP contribution >= 0.6 is 11.5 Å². The number of aromatic nitrogens is 1. The Morgan fingerprint density at radius 2 is 1.74 bits per heavy atom. The van der Waals surface area contributed by atoms with Gasteiger partial charge in [0, 0.05) is 18.2 Å². The van der Waals surface area contributed by atoms with Crippen molar-refractivity contribution in [2.24, 2.45) is 0 Å². The lowest BCUT2D eigenvalue weighted by molar-refractivity contribution is -0.917. The van der Waals surface area contributed by atoms with E-state index in [1.165, 1.54) is 72.5 Å². The predicted octanol–water partition coefficient (Wildman–Crippen LogP) is 2.73. The van der Waals surface area contributed by atoms with Crippen molar-refractivity contribution in [2.45, 2.75) is 12.8 Å². The lowest BCUT2D eigenvalue weighted by Gasteiger charge is -2.42. The second kappa shape index (κ2) is 4.46. The molecule has 2 aromatic rings. The molecule has 0 N–H and O–H groups in total. The van der Waals surface area contributed by atoms with Crippen molar-refractivity contribution in [1.29, 1.82) is 0 Å². The van der Waals surface area contributed by atoms with Gasteiger partial charge in [0.05, 0.1) is 44.0 Å². The molecule has 1 aromatic carbocycles. The van der Waals surface area contributed by atoms with Crippen LogP contribution in [-0.2, 0) is 0 Å². The zero-order valence-corrected chi connectivity index (χ0v) is 12.0. The van der Waals surface area contributed by atoms with E-state index in [9.17, 15) is 0 Å². The molecule has 0 amide bonds. The van der Waals surface area contributed by atoms with E-state index in [-0.39, 0.29) is 0 Å². The molecular formula is C15H20N3S+. The van der Waals surface area contributed by atoms with Crippen molar-refractivity contribution in [3.05, 3.63) is 24.3 Å². The summed E-state index contributed by atoms with van der Waals surface area (Å²) in [5.41, 5.74) is 0. The van der Waals surface area contributed by atoms with Crippen molar-refractivity contribution in [3.8, 4) is 0 Å². The molecule has 1 spiro atoms. The van der Waals surface area contributed by atoms with Gasteiger partial charge >= 0.3 is 0 Å². The van der Waals surface area contributed by atoms with Crippen LogP contribution in [0, 0.1) is 0 Å². The number of piperazine rings is 1. The molecule has 1 aromatic heterocycles. The highest BCUT2D eigenvalue weighted by molar-refractivity contribution is 7.13. The minimum absolute atomic E-state index is 1.17. The smallest absolute Gasteiger partial charge is 0.150 e. The molecule has 2 fully saturated rings. The first-order valence-electron chi connectivity index (χ1n) is 7.31. The van der Waals surface area contributed by atoms with Gasteiger partial charge in [-0.25, -0.2) is 0 Å². The monoisotopic (exact) mass is 274 g/mol. The highest BCUT2D eigenvalue weighted by atomic mass is 32.1. The van der Waals surface area contributed by atoms with Crippen LogP contribution in [0.3, 0.4) is 0 Å². The highest BCUT2D eigenvalue weighted by Gasteiger charge is 2.36. The van der Waals surface area contributed by atoms with Crippen molar-refractivity contribution in [2.75, 3.05) is 44.2 Å². The van der Waals surface area contributed by atoms with E-state index >= 15 is 0 Å². The Bertz CT molecular complexity index is 576. The van der Waals surface area contributed by atoms with Gasteiger partial charge in [-0.05, 0) is 23.7 Å². The number of hydrogen-bond acceptors (Lipinski definition) is 3. The Kier molecular flexibility index (Phi) is 2.74. The van der Waals surface area contributed by atoms with Gasteiger partial charge in [-0.3, -0.25) is 0 Å². The number of hydrogen-bond donors (Lipinski definition) is 0. The molecule has 0 radical (unpaired) electrons. The van der Waals surface area contributed by atoms with Gasteiger partial charge in [0.15, 0.2) is 5.82 Å². The fourth-order valence-corrected chi connectivity index (χ4v) is 4.45. The lowest BCUT2D eigenvalue weighted by atomic mass is 10.2. The van der Waals surface area contributed by atoms with Crippen LogP contribution in [0.25, 0.3) is 10.1 Å². The van der Waals surface area contributed by atoms with Crippen LogP contribution < -0.4 is 4.90 Å². The number of anilines is 1. The maximum atomic E-state index is 4.69. The summed E-state index contributed by atoms with van der Waals surface area (Å²) < 4.78 is 7.38.